The van der Waals surface area contributed by atoms with Crippen molar-refractivity contribution < 1.29 is 19.0 Å². The van der Waals surface area contributed by atoms with Crippen LogP contribution in [0.5, 0.6) is 17.2 Å². The third-order valence-corrected chi connectivity index (χ3v) is 5.13. The van der Waals surface area contributed by atoms with Crippen LogP contribution in [0.15, 0.2) is 64.2 Å². The zero-order chi connectivity index (χ0) is 21.6. The van der Waals surface area contributed by atoms with E-state index in [0.717, 1.165) is 29.2 Å². The number of amides is 1. The highest BCUT2D eigenvalue weighted by atomic mass is 32.2. The number of hydrazone groups is 1. The van der Waals surface area contributed by atoms with Gasteiger partial charge in [-0.15, -0.1) is 0 Å². The summed E-state index contributed by atoms with van der Waals surface area (Å²) >= 11 is 1.22. The van der Waals surface area contributed by atoms with Crippen molar-refractivity contribution in [3.8, 4) is 17.2 Å². The molecule has 1 amide bonds. The zero-order valence-electron chi connectivity index (χ0n) is 16.8. The van der Waals surface area contributed by atoms with Gasteiger partial charge < -0.3 is 14.2 Å². The molecule has 2 aromatic rings. The summed E-state index contributed by atoms with van der Waals surface area (Å²) in [5, 5.41) is 14.0. The normalized spacial score (nSPS) is 16.4. The Morgan fingerprint density at radius 1 is 1.06 bits per heavy atom. The zero-order valence-corrected chi connectivity index (χ0v) is 17.6. The van der Waals surface area contributed by atoms with E-state index in [0.29, 0.717) is 18.4 Å². The number of nitrogens with one attached hydrogen (secondary N) is 1. The fourth-order valence-corrected chi connectivity index (χ4v) is 3.50. The second-order valence-electron chi connectivity index (χ2n) is 6.56. The standard InChI is InChI=1S/C22H20N4O4S/c1-28-17-4-2-5-18(13-17)30-11-3-10-29-16-8-6-15(7-9-16)12-19-20(23)26-22(25-21(19)27)31-14-24-26/h2,4-9,12-14,23H,3,10-11H2,1H3. The molecule has 0 unspecified atom stereocenters. The van der Waals surface area contributed by atoms with Crippen LogP contribution in [-0.2, 0) is 4.79 Å². The average Bonchev–Trinajstić information content (AvgIpc) is 3.26. The minimum Gasteiger partial charge on any atom is -0.497 e. The maximum absolute atomic E-state index is 12.2. The third-order valence-electron chi connectivity index (χ3n) is 4.45. The number of nitrogens with zero attached hydrogens (tertiary/aromatic N) is 3. The fraction of sp³-hybridized carbons (Fsp3) is 0.182. The maximum Gasteiger partial charge on any atom is 0.283 e. The molecule has 0 radical (unpaired) electrons. The Kier molecular flexibility index (Phi) is 6.32. The van der Waals surface area contributed by atoms with Crippen LogP contribution < -0.4 is 14.2 Å². The lowest BCUT2D eigenvalue weighted by molar-refractivity contribution is -0.114. The first-order valence-corrected chi connectivity index (χ1v) is 10.4. The number of amidine groups is 2. The molecule has 2 aromatic carbocycles. The first-order valence-electron chi connectivity index (χ1n) is 9.56. The molecule has 9 heteroatoms. The number of aliphatic imine (C=N–C) groups is 1. The van der Waals surface area contributed by atoms with E-state index in [1.807, 2.05) is 48.5 Å². The maximum atomic E-state index is 12.2. The molecule has 0 aromatic heterocycles. The quantitative estimate of drug-likeness (QED) is 0.500. The van der Waals surface area contributed by atoms with Crippen LogP contribution in [0.1, 0.15) is 12.0 Å². The van der Waals surface area contributed by atoms with Gasteiger partial charge in [0.1, 0.15) is 17.2 Å². The fourth-order valence-electron chi connectivity index (χ4n) is 2.89. The Morgan fingerprint density at radius 3 is 2.58 bits per heavy atom. The van der Waals surface area contributed by atoms with E-state index >= 15 is 0 Å². The summed E-state index contributed by atoms with van der Waals surface area (Å²) in [6, 6.07) is 14.8. The lowest BCUT2D eigenvalue weighted by Gasteiger charge is -2.20. The topological polar surface area (TPSA) is 96.6 Å². The number of fused-ring (bicyclic) bond motifs is 1. The second kappa shape index (κ2) is 9.48. The number of ether oxygens (including phenoxy) is 3. The van der Waals surface area contributed by atoms with Crippen molar-refractivity contribution in [1.82, 2.24) is 5.01 Å². The monoisotopic (exact) mass is 436 g/mol. The van der Waals surface area contributed by atoms with E-state index in [1.54, 1.807) is 18.7 Å². The third kappa shape index (κ3) is 4.95. The van der Waals surface area contributed by atoms with Crippen molar-refractivity contribution in [3.05, 3.63) is 59.7 Å². The highest BCUT2D eigenvalue weighted by Gasteiger charge is 2.32. The first kappa shape index (κ1) is 20.7. The highest BCUT2D eigenvalue weighted by Crippen LogP contribution is 2.25. The number of rotatable bonds is 8. The van der Waals surface area contributed by atoms with E-state index < -0.39 is 5.91 Å². The Hall–Kier alpha value is -3.59. The molecule has 4 rings (SSSR count). The molecular formula is C22H20N4O4S. The van der Waals surface area contributed by atoms with Crippen LogP contribution >= 0.6 is 11.8 Å². The summed E-state index contributed by atoms with van der Waals surface area (Å²) in [6.07, 6.45) is 2.36. The number of carbonyl (C=O) groups is 1. The summed E-state index contributed by atoms with van der Waals surface area (Å²) in [5.74, 6) is 1.81. The Bertz CT molecular complexity index is 1080. The molecule has 2 aliphatic heterocycles. The van der Waals surface area contributed by atoms with E-state index in [9.17, 15) is 4.79 Å². The number of carbonyl (C=O) groups excluding carboxylic acids is 1. The van der Waals surface area contributed by atoms with Gasteiger partial charge in [-0.05, 0) is 47.7 Å². The Balaban J connectivity index is 1.27. The average molecular weight is 436 g/mol. The number of hydrogen-bond acceptors (Lipinski definition) is 7. The summed E-state index contributed by atoms with van der Waals surface area (Å²) in [5.41, 5.74) is 2.53. The molecule has 0 saturated heterocycles. The Labute approximate surface area is 183 Å². The van der Waals surface area contributed by atoms with E-state index in [-0.39, 0.29) is 11.4 Å². The van der Waals surface area contributed by atoms with Crippen molar-refractivity contribution in [1.29, 1.82) is 5.41 Å². The molecule has 0 spiro atoms. The van der Waals surface area contributed by atoms with Gasteiger partial charge in [0.05, 0.1) is 31.4 Å². The highest BCUT2D eigenvalue weighted by molar-refractivity contribution is 8.25. The summed E-state index contributed by atoms with van der Waals surface area (Å²) in [6.45, 7) is 1.04. The van der Waals surface area contributed by atoms with Crippen molar-refractivity contribution in [3.63, 3.8) is 0 Å². The van der Waals surface area contributed by atoms with Gasteiger partial charge in [0.25, 0.3) is 5.91 Å². The lowest BCUT2D eigenvalue weighted by atomic mass is 10.1. The minimum absolute atomic E-state index is 0.0209. The van der Waals surface area contributed by atoms with Gasteiger partial charge >= 0.3 is 0 Å². The molecule has 158 valence electrons. The van der Waals surface area contributed by atoms with Crippen LogP contribution in [0.25, 0.3) is 6.08 Å². The first-order chi connectivity index (χ1) is 15.1. The van der Waals surface area contributed by atoms with E-state index in [2.05, 4.69) is 10.1 Å². The van der Waals surface area contributed by atoms with Crippen molar-refractivity contribution >= 4 is 40.3 Å². The van der Waals surface area contributed by atoms with E-state index in [1.165, 1.54) is 16.8 Å². The summed E-state index contributed by atoms with van der Waals surface area (Å²) < 4.78 is 16.6. The van der Waals surface area contributed by atoms with Crippen molar-refractivity contribution in [2.75, 3.05) is 20.3 Å². The van der Waals surface area contributed by atoms with Crippen LogP contribution in [0, 0.1) is 5.41 Å². The molecular weight excluding hydrogens is 416 g/mol. The van der Waals surface area contributed by atoms with Gasteiger partial charge in [0.15, 0.2) is 11.0 Å². The van der Waals surface area contributed by atoms with Gasteiger partial charge in [0.2, 0.25) is 0 Å². The molecule has 0 atom stereocenters. The number of thioether (sulfide) groups is 1. The van der Waals surface area contributed by atoms with Crippen LogP contribution in [0.3, 0.4) is 0 Å². The predicted molar refractivity (Wildman–Crippen MR) is 121 cm³/mol. The molecule has 0 bridgehead atoms. The van der Waals surface area contributed by atoms with Crippen LogP contribution in [-0.4, -0.2) is 47.8 Å². The van der Waals surface area contributed by atoms with Crippen LogP contribution in [0.4, 0.5) is 0 Å². The summed E-state index contributed by atoms with van der Waals surface area (Å²) in [7, 11) is 1.62. The number of hydrogen-bond donors (Lipinski definition) is 1. The van der Waals surface area contributed by atoms with Crippen LogP contribution in [0.2, 0.25) is 0 Å². The van der Waals surface area contributed by atoms with Gasteiger partial charge in [-0.25, -0.2) is 0 Å². The molecule has 2 aliphatic rings. The lowest BCUT2D eigenvalue weighted by Crippen LogP contribution is -2.35. The molecule has 0 saturated carbocycles. The van der Waals surface area contributed by atoms with Gasteiger partial charge in [-0.1, -0.05) is 18.2 Å². The predicted octanol–water partition coefficient (Wildman–Crippen LogP) is 3.79. The molecule has 1 N–H and O–H groups in total. The molecule has 0 fully saturated rings. The number of methoxy groups -OCH3 is 1. The van der Waals surface area contributed by atoms with Crippen molar-refractivity contribution in [2.24, 2.45) is 10.1 Å². The Morgan fingerprint density at radius 2 is 1.81 bits per heavy atom. The minimum atomic E-state index is -0.439. The molecule has 2 heterocycles. The smallest absolute Gasteiger partial charge is 0.283 e. The van der Waals surface area contributed by atoms with Gasteiger partial charge in [-0.2, -0.15) is 15.1 Å². The van der Waals surface area contributed by atoms with Gasteiger partial charge in [-0.3, -0.25) is 10.2 Å². The van der Waals surface area contributed by atoms with Crippen molar-refractivity contribution in [2.45, 2.75) is 6.42 Å². The second-order valence-corrected chi connectivity index (χ2v) is 7.37. The molecule has 0 aliphatic carbocycles. The largest absolute Gasteiger partial charge is 0.497 e. The number of benzene rings is 2. The molecule has 31 heavy (non-hydrogen) atoms. The summed E-state index contributed by atoms with van der Waals surface area (Å²) in [4.78, 5) is 16.2. The van der Waals surface area contributed by atoms with E-state index in [4.69, 9.17) is 19.6 Å². The SMILES string of the molecule is COc1cccc(OCCCOc2ccc(C=C3C(=N)N4N=CSC4=NC3=O)cc2)c1. The molecule has 8 nitrogen and oxygen atoms in total. The van der Waals surface area contributed by atoms with Gasteiger partial charge in [0, 0.05) is 12.5 Å².